The molecule has 1 heterocycles. The number of hydrogen-bond acceptors (Lipinski definition) is 3. The minimum atomic E-state index is -0.139. The van der Waals surface area contributed by atoms with E-state index in [9.17, 15) is 5.11 Å². The molecule has 0 amide bonds. The van der Waals surface area contributed by atoms with Gasteiger partial charge in [0.05, 0.1) is 6.10 Å². The highest BCUT2D eigenvalue weighted by atomic mass is 32.1. The lowest BCUT2D eigenvalue weighted by molar-refractivity contribution is 0.0860. The first-order valence-corrected chi connectivity index (χ1v) is 7.10. The Bertz CT molecular complexity index is 299. The maximum absolute atomic E-state index is 9.88. The second-order valence-electron chi connectivity index (χ2n) is 4.81. The zero-order valence-corrected chi connectivity index (χ0v) is 10.7. The Kier molecular flexibility index (Phi) is 4.38. The van der Waals surface area contributed by atoms with E-state index in [0.717, 1.165) is 19.3 Å². The number of thiophene rings is 1. The molecule has 2 nitrogen and oxygen atoms in total. The topological polar surface area (TPSA) is 32.3 Å². The normalized spacial score (nSPS) is 27.9. The van der Waals surface area contributed by atoms with E-state index in [1.54, 1.807) is 0 Å². The molecule has 16 heavy (non-hydrogen) atoms. The van der Waals surface area contributed by atoms with Crippen LogP contribution in [0.5, 0.6) is 0 Å². The molecule has 0 radical (unpaired) electrons. The molecule has 2 N–H and O–H groups in total. The Morgan fingerprint density at radius 3 is 3.00 bits per heavy atom. The lowest BCUT2D eigenvalue weighted by atomic mass is 9.92. The number of aliphatic hydroxyl groups excluding tert-OH is 1. The summed E-state index contributed by atoms with van der Waals surface area (Å²) in [6.45, 7) is 2.21. The fourth-order valence-electron chi connectivity index (χ4n) is 2.46. The first kappa shape index (κ1) is 12.1. The van der Waals surface area contributed by atoms with E-state index in [0.29, 0.717) is 12.1 Å². The summed E-state index contributed by atoms with van der Waals surface area (Å²) in [5.74, 6) is 0. The smallest absolute Gasteiger partial charge is 0.0693 e. The summed E-state index contributed by atoms with van der Waals surface area (Å²) >= 11 is 1.81. The summed E-state index contributed by atoms with van der Waals surface area (Å²) < 4.78 is 0. The highest BCUT2D eigenvalue weighted by Gasteiger charge is 2.23. The van der Waals surface area contributed by atoms with Crippen molar-refractivity contribution in [2.75, 3.05) is 0 Å². The average molecular weight is 239 g/mol. The Morgan fingerprint density at radius 2 is 2.31 bits per heavy atom. The molecule has 3 heteroatoms. The average Bonchev–Trinajstić information content (AvgIpc) is 2.74. The third-order valence-corrected chi connectivity index (χ3v) is 4.21. The maximum atomic E-state index is 9.88. The van der Waals surface area contributed by atoms with Crippen molar-refractivity contribution in [3.05, 3.63) is 22.4 Å². The summed E-state index contributed by atoms with van der Waals surface area (Å²) in [6, 6.07) is 5.04. The van der Waals surface area contributed by atoms with Crippen molar-refractivity contribution >= 4 is 11.3 Å². The second kappa shape index (κ2) is 5.80. The number of aliphatic hydroxyl groups is 1. The number of nitrogens with one attached hydrogen (secondary N) is 1. The summed E-state index contributed by atoms with van der Waals surface area (Å²) in [4.78, 5) is 1.42. The van der Waals surface area contributed by atoms with Crippen LogP contribution in [0.25, 0.3) is 0 Å². The van der Waals surface area contributed by atoms with Crippen LogP contribution >= 0.6 is 11.3 Å². The third kappa shape index (κ3) is 3.30. The highest BCUT2D eigenvalue weighted by molar-refractivity contribution is 7.09. The van der Waals surface area contributed by atoms with Crippen molar-refractivity contribution in [1.29, 1.82) is 0 Å². The molecule has 0 saturated heterocycles. The quantitative estimate of drug-likeness (QED) is 0.846. The van der Waals surface area contributed by atoms with Crippen molar-refractivity contribution in [2.45, 2.75) is 57.2 Å². The summed E-state index contributed by atoms with van der Waals surface area (Å²) in [5.41, 5.74) is 0. The van der Waals surface area contributed by atoms with E-state index in [-0.39, 0.29) is 6.10 Å². The largest absolute Gasteiger partial charge is 0.392 e. The summed E-state index contributed by atoms with van der Waals surface area (Å²) in [5, 5.41) is 15.6. The van der Waals surface area contributed by atoms with Gasteiger partial charge in [-0.2, -0.15) is 0 Å². The first-order valence-electron chi connectivity index (χ1n) is 6.22. The second-order valence-corrected chi connectivity index (χ2v) is 5.84. The van der Waals surface area contributed by atoms with Gasteiger partial charge in [-0.25, -0.2) is 0 Å². The monoisotopic (exact) mass is 239 g/mol. The van der Waals surface area contributed by atoms with Crippen LogP contribution < -0.4 is 5.32 Å². The third-order valence-electron chi connectivity index (χ3n) is 3.32. The van der Waals surface area contributed by atoms with Crippen LogP contribution in [-0.2, 0) is 6.42 Å². The van der Waals surface area contributed by atoms with Crippen molar-refractivity contribution < 1.29 is 5.11 Å². The van der Waals surface area contributed by atoms with Gasteiger partial charge in [0.15, 0.2) is 0 Å². The van der Waals surface area contributed by atoms with Crippen LogP contribution in [0.1, 0.15) is 37.5 Å². The van der Waals surface area contributed by atoms with Crippen LogP contribution in [0.2, 0.25) is 0 Å². The van der Waals surface area contributed by atoms with Gasteiger partial charge < -0.3 is 10.4 Å². The lowest BCUT2D eigenvalue weighted by Crippen LogP contribution is -2.46. The zero-order valence-electron chi connectivity index (χ0n) is 9.86. The van der Waals surface area contributed by atoms with E-state index >= 15 is 0 Å². The lowest BCUT2D eigenvalue weighted by Gasteiger charge is -2.31. The van der Waals surface area contributed by atoms with Gasteiger partial charge in [-0.3, -0.25) is 0 Å². The van der Waals surface area contributed by atoms with Gasteiger partial charge in [0.25, 0.3) is 0 Å². The van der Waals surface area contributed by atoms with Crippen LogP contribution in [0.15, 0.2) is 17.5 Å². The first-order chi connectivity index (χ1) is 7.75. The number of hydrogen-bond donors (Lipinski definition) is 2. The minimum Gasteiger partial charge on any atom is -0.392 e. The molecule has 90 valence electrons. The molecule has 2 rings (SSSR count). The molecule has 1 aliphatic rings. The Hall–Kier alpha value is -0.380. The van der Waals surface area contributed by atoms with Gasteiger partial charge in [0.2, 0.25) is 0 Å². The van der Waals surface area contributed by atoms with Gasteiger partial charge in [-0.05, 0) is 37.6 Å². The molecular formula is C13H21NOS. The molecule has 1 aromatic rings. The van der Waals surface area contributed by atoms with Crippen LogP contribution in [0, 0.1) is 0 Å². The van der Waals surface area contributed by atoms with E-state index in [1.165, 1.54) is 17.7 Å². The molecule has 1 fully saturated rings. The van der Waals surface area contributed by atoms with Crippen LogP contribution in [0.4, 0.5) is 0 Å². The standard InChI is InChI=1S/C13H21NOS/c1-10(9-11-5-4-8-16-11)14-12-6-2-3-7-13(12)15/h4-5,8,10,12-15H,2-3,6-7,9H2,1H3/t10?,12-,13-/m1/s1. The van der Waals surface area contributed by atoms with Crippen LogP contribution in [0.3, 0.4) is 0 Å². The molecule has 1 unspecified atom stereocenters. The van der Waals surface area contributed by atoms with Gasteiger partial charge in [-0.15, -0.1) is 11.3 Å². The van der Waals surface area contributed by atoms with Crippen molar-refractivity contribution in [1.82, 2.24) is 5.32 Å². The molecule has 0 bridgehead atoms. The molecule has 0 aromatic carbocycles. The Balaban J connectivity index is 1.79. The van der Waals surface area contributed by atoms with E-state index < -0.39 is 0 Å². The fraction of sp³-hybridized carbons (Fsp3) is 0.692. The van der Waals surface area contributed by atoms with Gasteiger partial charge >= 0.3 is 0 Å². The summed E-state index contributed by atoms with van der Waals surface area (Å²) in [6.07, 6.45) is 5.44. The highest BCUT2D eigenvalue weighted by Crippen LogP contribution is 2.19. The molecule has 1 aromatic heterocycles. The van der Waals surface area contributed by atoms with E-state index in [2.05, 4.69) is 29.8 Å². The van der Waals surface area contributed by atoms with E-state index in [1.807, 2.05) is 11.3 Å². The van der Waals surface area contributed by atoms with Crippen molar-refractivity contribution in [2.24, 2.45) is 0 Å². The fourth-order valence-corrected chi connectivity index (χ4v) is 3.30. The predicted octanol–water partition coefficient (Wildman–Crippen LogP) is 2.57. The minimum absolute atomic E-state index is 0.139. The molecule has 1 saturated carbocycles. The predicted molar refractivity (Wildman–Crippen MR) is 68.9 cm³/mol. The number of rotatable bonds is 4. The Labute approximate surface area is 102 Å². The zero-order chi connectivity index (χ0) is 11.4. The van der Waals surface area contributed by atoms with Gasteiger partial charge in [0.1, 0.15) is 0 Å². The SMILES string of the molecule is CC(Cc1cccs1)N[C@@H]1CCCC[C@H]1O. The van der Waals surface area contributed by atoms with Crippen molar-refractivity contribution in [3.63, 3.8) is 0 Å². The van der Waals surface area contributed by atoms with Crippen LogP contribution in [-0.4, -0.2) is 23.3 Å². The van der Waals surface area contributed by atoms with Crippen molar-refractivity contribution in [3.8, 4) is 0 Å². The Morgan fingerprint density at radius 1 is 1.50 bits per heavy atom. The summed E-state index contributed by atoms with van der Waals surface area (Å²) in [7, 11) is 0. The molecular weight excluding hydrogens is 218 g/mol. The molecule has 1 aliphatic carbocycles. The van der Waals surface area contributed by atoms with Gasteiger partial charge in [0, 0.05) is 17.0 Å². The maximum Gasteiger partial charge on any atom is 0.0693 e. The molecule has 3 atom stereocenters. The van der Waals surface area contributed by atoms with Gasteiger partial charge in [-0.1, -0.05) is 18.9 Å². The molecule has 0 spiro atoms. The molecule has 0 aliphatic heterocycles. The van der Waals surface area contributed by atoms with E-state index in [4.69, 9.17) is 0 Å².